The number of nitro groups is 1. The third kappa shape index (κ3) is 5.66. The standard InChI is InChI=1S/C19H24N4O7S/c1-5-9-30-18(25)15-11(3)16(19(26)29-6-2)31-17(15)21-14(24)7-8-22-12(4)13(10-20-22)23(27)28/h10H,5-9H2,1-4H3,(H,21,24). The number of aryl methyl sites for hydroxylation is 1. The third-order valence-corrected chi connectivity index (χ3v) is 5.51. The van der Waals surface area contributed by atoms with Crippen LogP contribution in [0.15, 0.2) is 6.20 Å². The highest BCUT2D eigenvalue weighted by Gasteiger charge is 2.27. The number of aromatic nitrogens is 2. The van der Waals surface area contributed by atoms with Crippen LogP contribution in [0.4, 0.5) is 10.7 Å². The lowest BCUT2D eigenvalue weighted by atomic mass is 10.1. The fourth-order valence-corrected chi connectivity index (χ4v) is 3.85. The predicted molar refractivity (Wildman–Crippen MR) is 112 cm³/mol. The Morgan fingerprint density at radius 1 is 1.23 bits per heavy atom. The van der Waals surface area contributed by atoms with Crippen molar-refractivity contribution in [1.29, 1.82) is 0 Å². The van der Waals surface area contributed by atoms with E-state index in [0.717, 1.165) is 17.5 Å². The number of esters is 2. The second kappa shape index (κ2) is 10.7. The number of ether oxygens (including phenoxy) is 2. The Morgan fingerprint density at radius 2 is 1.94 bits per heavy atom. The van der Waals surface area contributed by atoms with Gasteiger partial charge in [-0.15, -0.1) is 11.3 Å². The second-order valence-electron chi connectivity index (χ2n) is 6.51. The lowest BCUT2D eigenvalue weighted by Gasteiger charge is -2.08. The van der Waals surface area contributed by atoms with E-state index in [9.17, 15) is 24.5 Å². The van der Waals surface area contributed by atoms with Gasteiger partial charge in [0.1, 0.15) is 21.8 Å². The molecular weight excluding hydrogens is 428 g/mol. The van der Waals surface area contributed by atoms with Crippen molar-refractivity contribution in [3.63, 3.8) is 0 Å². The molecular formula is C19H24N4O7S. The summed E-state index contributed by atoms with van der Waals surface area (Å²) >= 11 is 0.938. The minimum Gasteiger partial charge on any atom is -0.462 e. The normalized spacial score (nSPS) is 10.6. The molecule has 11 nitrogen and oxygen atoms in total. The van der Waals surface area contributed by atoms with E-state index in [4.69, 9.17) is 9.47 Å². The molecule has 0 aliphatic rings. The van der Waals surface area contributed by atoms with Gasteiger partial charge in [0, 0.05) is 6.42 Å². The van der Waals surface area contributed by atoms with Gasteiger partial charge >= 0.3 is 17.6 Å². The second-order valence-corrected chi connectivity index (χ2v) is 7.53. The first-order valence-corrected chi connectivity index (χ1v) is 10.5. The molecule has 2 rings (SSSR count). The van der Waals surface area contributed by atoms with Gasteiger partial charge in [0.05, 0.1) is 30.2 Å². The van der Waals surface area contributed by atoms with Crippen LogP contribution in [0.5, 0.6) is 0 Å². The van der Waals surface area contributed by atoms with Crippen LogP contribution in [0.2, 0.25) is 0 Å². The molecule has 0 spiro atoms. The van der Waals surface area contributed by atoms with Crippen molar-refractivity contribution >= 4 is 39.9 Å². The fraction of sp³-hybridized carbons (Fsp3) is 0.474. The molecule has 0 aromatic carbocycles. The van der Waals surface area contributed by atoms with Crippen molar-refractivity contribution in [3.8, 4) is 0 Å². The first kappa shape index (κ1) is 24.0. The SMILES string of the molecule is CCCOC(=O)c1c(NC(=O)CCn2ncc([N+](=O)[O-])c2C)sc(C(=O)OCC)c1C. The van der Waals surface area contributed by atoms with Gasteiger partial charge in [0.2, 0.25) is 5.91 Å². The molecule has 2 heterocycles. The number of thiophene rings is 1. The molecule has 12 heteroatoms. The van der Waals surface area contributed by atoms with E-state index in [0.29, 0.717) is 17.7 Å². The summed E-state index contributed by atoms with van der Waals surface area (Å²) in [5.74, 6) is -1.67. The van der Waals surface area contributed by atoms with Crippen molar-refractivity contribution in [2.75, 3.05) is 18.5 Å². The van der Waals surface area contributed by atoms with E-state index in [2.05, 4.69) is 10.4 Å². The van der Waals surface area contributed by atoms with Crippen LogP contribution < -0.4 is 5.32 Å². The largest absolute Gasteiger partial charge is 0.462 e. The lowest BCUT2D eigenvalue weighted by molar-refractivity contribution is -0.385. The van der Waals surface area contributed by atoms with Gasteiger partial charge in [0.15, 0.2) is 0 Å². The molecule has 168 valence electrons. The number of amides is 1. The number of nitrogens with zero attached hydrogens (tertiary/aromatic N) is 3. The number of nitrogens with one attached hydrogen (secondary N) is 1. The lowest BCUT2D eigenvalue weighted by Crippen LogP contribution is -2.17. The molecule has 0 radical (unpaired) electrons. The Balaban J connectivity index is 2.20. The maximum absolute atomic E-state index is 12.5. The zero-order valence-corrected chi connectivity index (χ0v) is 18.5. The van der Waals surface area contributed by atoms with Crippen LogP contribution in [0.3, 0.4) is 0 Å². The van der Waals surface area contributed by atoms with Crippen molar-refractivity contribution in [2.45, 2.75) is 47.1 Å². The zero-order valence-electron chi connectivity index (χ0n) is 17.7. The van der Waals surface area contributed by atoms with E-state index in [1.165, 1.54) is 4.68 Å². The molecule has 0 unspecified atom stereocenters. The van der Waals surface area contributed by atoms with Crippen molar-refractivity contribution < 1.29 is 28.8 Å². The molecule has 0 atom stereocenters. The Morgan fingerprint density at radius 3 is 2.52 bits per heavy atom. The molecule has 0 bridgehead atoms. The summed E-state index contributed by atoms with van der Waals surface area (Å²) in [5.41, 5.74) is 0.687. The molecule has 2 aromatic rings. The topological polar surface area (TPSA) is 143 Å². The smallest absolute Gasteiger partial charge is 0.348 e. The molecule has 0 fully saturated rings. The molecule has 0 aliphatic carbocycles. The van der Waals surface area contributed by atoms with Crippen LogP contribution in [-0.4, -0.2) is 45.8 Å². The monoisotopic (exact) mass is 452 g/mol. The molecule has 31 heavy (non-hydrogen) atoms. The summed E-state index contributed by atoms with van der Waals surface area (Å²) in [6.07, 6.45) is 1.70. The molecule has 1 N–H and O–H groups in total. The van der Waals surface area contributed by atoms with E-state index >= 15 is 0 Å². The zero-order chi connectivity index (χ0) is 23.1. The first-order valence-electron chi connectivity index (χ1n) is 9.65. The van der Waals surface area contributed by atoms with Crippen LogP contribution in [0, 0.1) is 24.0 Å². The van der Waals surface area contributed by atoms with E-state index < -0.39 is 22.8 Å². The fourth-order valence-electron chi connectivity index (χ4n) is 2.74. The Labute approximate surface area is 182 Å². The number of hydrogen-bond donors (Lipinski definition) is 1. The van der Waals surface area contributed by atoms with E-state index in [1.54, 1.807) is 20.8 Å². The maximum atomic E-state index is 12.5. The van der Waals surface area contributed by atoms with Gasteiger partial charge in [-0.3, -0.25) is 19.6 Å². The van der Waals surface area contributed by atoms with Crippen LogP contribution >= 0.6 is 11.3 Å². The molecule has 1 amide bonds. The first-order chi connectivity index (χ1) is 14.7. The Kier molecular flexibility index (Phi) is 8.25. The van der Waals surface area contributed by atoms with Gasteiger partial charge in [-0.05, 0) is 32.8 Å². The third-order valence-electron chi connectivity index (χ3n) is 4.33. The predicted octanol–water partition coefficient (Wildman–Crippen LogP) is 3.24. The molecule has 0 saturated heterocycles. The number of rotatable bonds is 10. The summed E-state index contributed by atoms with van der Waals surface area (Å²) in [4.78, 5) is 47.8. The minimum atomic E-state index is -0.639. The summed E-state index contributed by atoms with van der Waals surface area (Å²) < 4.78 is 11.6. The number of carbonyl (C=O) groups excluding carboxylic acids is 3. The number of hydrogen-bond acceptors (Lipinski definition) is 9. The maximum Gasteiger partial charge on any atom is 0.348 e. The van der Waals surface area contributed by atoms with Gasteiger partial charge in [0.25, 0.3) is 0 Å². The van der Waals surface area contributed by atoms with Crippen molar-refractivity contribution in [1.82, 2.24) is 9.78 Å². The highest BCUT2D eigenvalue weighted by Crippen LogP contribution is 2.34. The van der Waals surface area contributed by atoms with E-state index in [1.807, 2.05) is 6.92 Å². The minimum absolute atomic E-state index is 0.0468. The van der Waals surface area contributed by atoms with Gasteiger partial charge in [-0.1, -0.05) is 6.92 Å². The van der Waals surface area contributed by atoms with Crippen molar-refractivity contribution in [2.24, 2.45) is 0 Å². The Bertz CT molecular complexity index is 996. The highest BCUT2D eigenvalue weighted by atomic mass is 32.1. The van der Waals surface area contributed by atoms with Crippen molar-refractivity contribution in [3.05, 3.63) is 38.0 Å². The average Bonchev–Trinajstić information content (AvgIpc) is 3.24. The van der Waals surface area contributed by atoms with Crippen LogP contribution in [0.1, 0.15) is 58.0 Å². The molecule has 0 saturated carbocycles. The summed E-state index contributed by atoms with van der Waals surface area (Å²) in [7, 11) is 0. The van der Waals surface area contributed by atoms with E-state index in [-0.39, 0.29) is 47.3 Å². The van der Waals surface area contributed by atoms with Gasteiger partial charge < -0.3 is 14.8 Å². The van der Waals surface area contributed by atoms with Crippen LogP contribution in [0.25, 0.3) is 0 Å². The average molecular weight is 452 g/mol. The highest BCUT2D eigenvalue weighted by molar-refractivity contribution is 7.18. The number of carbonyl (C=O) groups is 3. The van der Waals surface area contributed by atoms with Crippen LogP contribution in [-0.2, 0) is 20.8 Å². The van der Waals surface area contributed by atoms with Gasteiger partial charge in [-0.25, -0.2) is 9.59 Å². The van der Waals surface area contributed by atoms with Gasteiger partial charge in [-0.2, -0.15) is 5.10 Å². The summed E-state index contributed by atoms with van der Waals surface area (Å²) in [5, 5.41) is 17.7. The Hall–Kier alpha value is -3.28. The molecule has 2 aromatic heterocycles. The molecule has 0 aliphatic heterocycles. The quantitative estimate of drug-likeness (QED) is 0.329. The summed E-state index contributed by atoms with van der Waals surface area (Å²) in [6, 6.07) is 0. The number of anilines is 1. The summed E-state index contributed by atoms with van der Waals surface area (Å²) in [6.45, 7) is 7.13.